The average molecular weight is 491 g/mol. The first-order valence-electron chi connectivity index (χ1n) is 9.15. The maximum Gasteiger partial charge on any atom is 0.191 e. The number of benzene rings is 1. The van der Waals surface area contributed by atoms with Crippen molar-refractivity contribution >= 4 is 29.9 Å². The Balaban J connectivity index is 0.00000364. The fourth-order valence-electron chi connectivity index (χ4n) is 3.03. The minimum absolute atomic E-state index is 0. The van der Waals surface area contributed by atoms with Crippen molar-refractivity contribution in [3.05, 3.63) is 23.8 Å². The van der Waals surface area contributed by atoms with Gasteiger partial charge in [0.1, 0.15) is 0 Å². The highest BCUT2D eigenvalue weighted by molar-refractivity contribution is 14.0. The molecular weight excluding hydrogens is 457 g/mol. The average Bonchev–Trinajstić information content (AvgIpc) is 2.68. The molecule has 0 bridgehead atoms. The maximum absolute atomic E-state index is 5.36. The van der Waals surface area contributed by atoms with E-state index in [0.29, 0.717) is 12.6 Å². The molecule has 1 saturated heterocycles. The quantitative estimate of drug-likeness (QED) is 0.344. The summed E-state index contributed by atoms with van der Waals surface area (Å²) < 4.78 is 10.6. The lowest BCUT2D eigenvalue weighted by Gasteiger charge is -2.36. The molecule has 0 aromatic heterocycles. The molecule has 1 unspecified atom stereocenters. The van der Waals surface area contributed by atoms with Crippen molar-refractivity contribution < 1.29 is 9.47 Å². The SMILES string of the molecule is CN=C(NCc1ccc(OC)c(OC)c1)NCC(C)N1CCN(C)CC1.I. The van der Waals surface area contributed by atoms with E-state index in [1.54, 1.807) is 21.3 Å². The summed E-state index contributed by atoms with van der Waals surface area (Å²) in [4.78, 5) is 9.22. The van der Waals surface area contributed by atoms with Gasteiger partial charge in [-0.3, -0.25) is 9.89 Å². The second kappa shape index (κ2) is 12.2. The Bertz CT molecular complexity index is 591. The molecule has 8 heteroatoms. The van der Waals surface area contributed by atoms with Crippen LogP contribution < -0.4 is 20.1 Å². The van der Waals surface area contributed by atoms with Gasteiger partial charge in [0.2, 0.25) is 0 Å². The van der Waals surface area contributed by atoms with Gasteiger partial charge in [-0.15, -0.1) is 24.0 Å². The van der Waals surface area contributed by atoms with Gasteiger partial charge in [-0.1, -0.05) is 6.07 Å². The van der Waals surface area contributed by atoms with E-state index in [9.17, 15) is 0 Å². The number of hydrogen-bond acceptors (Lipinski definition) is 5. The Morgan fingerprint density at radius 2 is 1.78 bits per heavy atom. The first kappa shape index (κ1) is 23.8. The predicted molar refractivity (Wildman–Crippen MR) is 122 cm³/mol. The molecule has 1 aromatic carbocycles. The molecule has 2 N–H and O–H groups in total. The van der Waals surface area contributed by atoms with Crippen LogP contribution in [0.1, 0.15) is 12.5 Å². The number of rotatable bonds is 7. The van der Waals surface area contributed by atoms with Crippen LogP contribution in [0.3, 0.4) is 0 Å². The van der Waals surface area contributed by atoms with Crippen LogP contribution in [0.15, 0.2) is 23.2 Å². The highest BCUT2D eigenvalue weighted by Gasteiger charge is 2.19. The van der Waals surface area contributed by atoms with Crippen molar-refractivity contribution in [1.29, 1.82) is 0 Å². The Kier molecular flexibility index (Phi) is 10.8. The predicted octanol–water partition coefficient (Wildman–Crippen LogP) is 1.62. The molecular formula is C19H34IN5O2. The molecule has 1 aromatic rings. The Labute approximate surface area is 180 Å². The summed E-state index contributed by atoms with van der Waals surface area (Å²) in [5.41, 5.74) is 1.11. The molecule has 154 valence electrons. The number of nitrogens with one attached hydrogen (secondary N) is 2. The summed E-state index contributed by atoms with van der Waals surface area (Å²) in [6.07, 6.45) is 0. The van der Waals surface area contributed by atoms with Crippen molar-refractivity contribution in [2.45, 2.75) is 19.5 Å². The Morgan fingerprint density at radius 1 is 1.11 bits per heavy atom. The molecule has 0 saturated carbocycles. The molecule has 1 atom stereocenters. The van der Waals surface area contributed by atoms with Crippen molar-refractivity contribution in [1.82, 2.24) is 20.4 Å². The van der Waals surface area contributed by atoms with Gasteiger partial charge >= 0.3 is 0 Å². The van der Waals surface area contributed by atoms with Gasteiger partial charge in [-0.2, -0.15) is 0 Å². The number of aliphatic imine (C=N–C) groups is 1. The minimum atomic E-state index is 0. The summed E-state index contributed by atoms with van der Waals surface area (Å²) in [6.45, 7) is 8.32. The number of ether oxygens (including phenoxy) is 2. The van der Waals surface area contributed by atoms with Gasteiger partial charge in [0.15, 0.2) is 17.5 Å². The van der Waals surface area contributed by atoms with Crippen LogP contribution >= 0.6 is 24.0 Å². The lowest BCUT2D eigenvalue weighted by atomic mass is 10.2. The van der Waals surface area contributed by atoms with Gasteiger partial charge in [-0.05, 0) is 31.7 Å². The number of methoxy groups -OCH3 is 2. The molecule has 1 aliphatic heterocycles. The van der Waals surface area contributed by atoms with Gasteiger partial charge < -0.3 is 25.0 Å². The molecule has 0 aliphatic carbocycles. The molecule has 1 fully saturated rings. The highest BCUT2D eigenvalue weighted by atomic mass is 127. The smallest absolute Gasteiger partial charge is 0.191 e. The van der Waals surface area contributed by atoms with Crippen molar-refractivity contribution in [3.8, 4) is 11.5 Å². The molecule has 0 spiro atoms. The van der Waals surface area contributed by atoms with Gasteiger partial charge in [-0.25, -0.2) is 0 Å². The monoisotopic (exact) mass is 491 g/mol. The summed E-state index contributed by atoms with van der Waals surface area (Å²) in [5, 5.41) is 6.78. The molecule has 2 rings (SSSR count). The van der Waals surface area contributed by atoms with Crippen molar-refractivity contribution in [2.75, 3.05) is 61.0 Å². The van der Waals surface area contributed by atoms with Gasteiger partial charge in [0.05, 0.1) is 14.2 Å². The number of nitrogens with zero attached hydrogens (tertiary/aromatic N) is 3. The van der Waals surface area contributed by atoms with Gasteiger partial charge in [0.25, 0.3) is 0 Å². The van der Waals surface area contributed by atoms with Crippen LogP contribution in [0.25, 0.3) is 0 Å². The zero-order valence-corrected chi connectivity index (χ0v) is 19.4. The van der Waals surface area contributed by atoms with E-state index in [0.717, 1.165) is 55.7 Å². The van der Waals surface area contributed by atoms with Crippen LogP contribution in [-0.4, -0.2) is 82.8 Å². The molecule has 1 aliphatic rings. The number of guanidine groups is 1. The number of likely N-dealkylation sites (N-methyl/N-ethyl adjacent to an activating group) is 1. The lowest BCUT2D eigenvalue weighted by molar-refractivity contribution is 0.120. The number of piperazine rings is 1. The Morgan fingerprint density at radius 3 is 2.37 bits per heavy atom. The van der Waals surface area contributed by atoms with Gasteiger partial charge in [0, 0.05) is 52.4 Å². The van der Waals surface area contributed by atoms with Crippen molar-refractivity contribution in [2.24, 2.45) is 4.99 Å². The summed E-state index contributed by atoms with van der Waals surface area (Å²) >= 11 is 0. The largest absolute Gasteiger partial charge is 0.493 e. The molecule has 0 amide bonds. The van der Waals surface area contributed by atoms with Crippen LogP contribution in [0, 0.1) is 0 Å². The van der Waals surface area contributed by atoms with E-state index < -0.39 is 0 Å². The molecule has 0 radical (unpaired) electrons. The van der Waals surface area contributed by atoms with Crippen LogP contribution in [0.5, 0.6) is 11.5 Å². The topological polar surface area (TPSA) is 61.4 Å². The molecule has 1 heterocycles. The second-order valence-electron chi connectivity index (χ2n) is 6.68. The zero-order chi connectivity index (χ0) is 18.9. The number of halogens is 1. The highest BCUT2D eigenvalue weighted by Crippen LogP contribution is 2.27. The van der Waals surface area contributed by atoms with E-state index >= 15 is 0 Å². The number of hydrogen-bond donors (Lipinski definition) is 2. The summed E-state index contributed by atoms with van der Waals surface area (Å²) in [6, 6.07) is 6.39. The first-order valence-corrected chi connectivity index (χ1v) is 9.15. The normalized spacial score (nSPS) is 17.0. The van der Waals surface area contributed by atoms with Crippen LogP contribution in [0.4, 0.5) is 0 Å². The molecule has 7 nitrogen and oxygen atoms in total. The minimum Gasteiger partial charge on any atom is -0.493 e. The van der Waals surface area contributed by atoms with E-state index in [1.807, 2.05) is 18.2 Å². The standard InChI is InChI=1S/C19H33N5O2.HI/c1-15(24-10-8-23(3)9-11-24)13-21-19(20-2)22-14-16-6-7-17(25-4)18(12-16)26-5;/h6-7,12,15H,8-11,13-14H2,1-5H3,(H2,20,21,22);1H. The second-order valence-corrected chi connectivity index (χ2v) is 6.68. The van der Waals surface area contributed by atoms with Crippen LogP contribution in [0.2, 0.25) is 0 Å². The fourth-order valence-corrected chi connectivity index (χ4v) is 3.03. The third-order valence-corrected chi connectivity index (χ3v) is 4.86. The summed E-state index contributed by atoms with van der Waals surface area (Å²) in [7, 11) is 7.27. The van der Waals surface area contributed by atoms with E-state index in [-0.39, 0.29) is 24.0 Å². The lowest BCUT2D eigenvalue weighted by Crippen LogP contribution is -2.52. The van der Waals surface area contributed by atoms with E-state index in [4.69, 9.17) is 9.47 Å². The zero-order valence-electron chi connectivity index (χ0n) is 17.1. The van der Waals surface area contributed by atoms with Crippen molar-refractivity contribution in [3.63, 3.8) is 0 Å². The summed E-state index contributed by atoms with van der Waals surface area (Å²) in [5.74, 6) is 2.28. The van der Waals surface area contributed by atoms with E-state index in [2.05, 4.69) is 39.4 Å². The Hall–Kier alpha value is -1.26. The fraction of sp³-hybridized carbons (Fsp3) is 0.632. The maximum atomic E-state index is 5.36. The third-order valence-electron chi connectivity index (χ3n) is 4.86. The van der Waals surface area contributed by atoms with E-state index in [1.165, 1.54) is 0 Å². The first-order chi connectivity index (χ1) is 12.6. The van der Waals surface area contributed by atoms with Crippen LogP contribution in [-0.2, 0) is 6.54 Å². The third kappa shape index (κ3) is 7.34. The molecule has 27 heavy (non-hydrogen) atoms.